The third kappa shape index (κ3) is 5.02. The minimum Gasteiger partial charge on any atom is -0.374 e. The summed E-state index contributed by atoms with van der Waals surface area (Å²) < 4.78 is 51.4. The number of anilines is 1. The number of pyridine rings is 1. The van der Waals surface area contributed by atoms with Gasteiger partial charge in [-0.25, -0.2) is 22.7 Å². The lowest BCUT2D eigenvalue weighted by Crippen LogP contribution is -2.61. The summed E-state index contributed by atoms with van der Waals surface area (Å²) in [7, 11) is 0. The van der Waals surface area contributed by atoms with Gasteiger partial charge >= 0.3 is 0 Å². The van der Waals surface area contributed by atoms with Gasteiger partial charge in [0.1, 0.15) is 17.5 Å². The highest BCUT2D eigenvalue weighted by molar-refractivity contribution is 5.73. The van der Waals surface area contributed by atoms with Gasteiger partial charge in [0.2, 0.25) is 5.91 Å². The summed E-state index contributed by atoms with van der Waals surface area (Å²) in [6.07, 6.45) is 5.45. The lowest BCUT2D eigenvalue weighted by Gasteiger charge is -2.43. The molecule has 3 atom stereocenters. The molecule has 1 amide bonds. The summed E-state index contributed by atoms with van der Waals surface area (Å²) >= 11 is 0. The normalized spacial score (nSPS) is 22.0. The van der Waals surface area contributed by atoms with Gasteiger partial charge in [0, 0.05) is 62.2 Å². The molecule has 0 spiro atoms. The van der Waals surface area contributed by atoms with E-state index in [1.54, 1.807) is 29.2 Å². The second-order valence-electron chi connectivity index (χ2n) is 11.0. The molecule has 214 valence electrons. The number of carbonyl (C=O) groups is 1. The van der Waals surface area contributed by atoms with Crippen LogP contribution in [0.3, 0.4) is 0 Å². The Balaban J connectivity index is 1.30. The third-order valence-corrected chi connectivity index (χ3v) is 7.88. The van der Waals surface area contributed by atoms with Crippen LogP contribution in [0.1, 0.15) is 30.8 Å². The van der Waals surface area contributed by atoms with Crippen LogP contribution in [0.2, 0.25) is 0 Å². The number of nitrogens with zero attached hydrogens (tertiary/aromatic N) is 5. The van der Waals surface area contributed by atoms with E-state index in [2.05, 4.69) is 32.2 Å². The highest BCUT2D eigenvalue weighted by Crippen LogP contribution is 2.37. The van der Waals surface area contributed by atoms with E-state index in [0.717, 1.165) is 23.4 Å². The first-order valence-corrected chi connectivity index (χ1v) is 13.4. The van der Waals surface area contributed by atoms with Crippen molar-refractivity contribution in [3.8, 4) is 11.3 Å². The van der Waals surface area contributed by atoms with Gasteiger partial charge in [0.15, 0.2) is 5.67 Å². The zero-order valence-electron chi connectivity index (χ0n) is 22.7. The first-order chi connectivity index (χ1) is 19.6. The fraction of sp³-hybridized carbons (Fsp3) is 0.379. The van der Waals surface area contributed by atoms with Gasteiger partial charge < -0.3 is 20.7 Å². The van der Waals surface area contributed by atoms with Gasteiger partial charge in [-0.15, -0.1) is 0 Å². The van der Waals surface area contributed by atoms with Crippen molar-refractivity contribution in [2.45, 2.75) is 38.0 Å². The van der Waals surface area contributed by atoms with Crippen molar-refractivity contribution in [1.82, 2.24) is 24.9 Å². The van der Waals surface area contributed by atoms with Crippen molar-refractivity contribution in [2.75, 3.05) is 31.2 Å². The minimum atomic E-state index is -1.89. The Morgan fingerprint density at radius 3 is 2.59 bits per heavy atom. The van der Waals surface area contributed by atoms with Crippen LogP contribution in [-0.2, 0) is 21.6 Å². The van der Waals surface area contributed by atoms with Crippen molar-refractivity contribution < 1.29 is 22.7 Å². The molecule has 3 N–H and O–H groups in total. The minimum absolute atomic E-state index is 0.0577. The fourth-order valence-electron chi connectivity index (χ4n) is 5.75. The number of alkyl halides is 1. The van der Waals surface area contributed by atoms with Crippen LogP contribution in [0.4, 0.5) is 18.9 Å². The molecule has 0 aliphatic carbocycles. The van der Waals surface area contributed by atoms with Crippen LogP contribution in [0.5, 0.6) is 0 Å². The van der Waals surface area contributed by atoms with E-state index in [0.29, 0.717) is 30.9 Å². The van der Waals surface area contributed by atoms with E-state index in [1.807, 2.05) is 6.07 Å². The lowest BCUT2D eigenvalue weighted by atomic mass is 9.89. The number of carbonyl (C=O) groups excluding carboxylic acids is 1. The van der Waals surface area contributed by atoms with Gasteiger partial charge in [-0.1, -0.05) is 6.92 Å². The number of piperidine rings is 1. The van der Waals surface area contributed by atoms with Gasteiger partial charge in [-0.3, -0.25) is 9.78 Å². The molecule has 0 unspecified atom stereocenters. The molecule has 2 saturated heterocycles. The van der Waals surface area contributed by atoms with Crippen LogP contribution in [0.15, 0.2) is 48.9 Å². The first kappa shape index (κ1) is 27.2. The Bertz CT molecular complexity index is 1590. The van der Waals surface area contributed by atoms with Crippen LogP contribution in [0, 0.1) is 17.6 Å². The highest BCUT2D eigenvalue weighted by atomic mass is 19.1. The zero-order valence-corrected chi connectivity index (χ0v) is 22.7. The van der Waals surface area contributed by atoms with Crippen molar-refractivity contribution in [3.05, 3.63) is 77.5 Å². The van der Waals surface area contributed by atoms with E-state index in [-0.39, 0.29) is 53.9 Å². The number of ether oxygens (including phenoxy) is 1. The summed E-state index contributed by atoms with van der Waals surface area (Å²) in [4.78, 5) is 22.7. The molecule has 2 aliphatic rings. The molecule has 0 saturated carbocycles. The summed E-state index contributed by atoms with van der Waals surface area (Å²) in [5.74, 6) is -1.25. The van der Waals surface area contributed by atoms with E-state index in [4.69, 9.17) is 10.5 Å². The van der Waals surface area contributed by atoms with Crippen molar-refractivity contribution >= 4 is 17.1 Å². The van der Waals surface area contributed by atoms with E-state index in [1.165, 1.54) is 13.0 Å². The van der Waals surface area contributed by atoms with Crippen molar-refractivity contribution in [3.63, 3.8) is 0 Å². The average molecular weight is 566 g/mol. The summed E-state index contributed by atoms with van der Waals surface area (Å²) in [5.41, 5.74) is 6.65. The number of nitrogens with two attached hydrogens (primary N) is 1. The molecule has 5 heterocycles. The van der Waals surface area contributed by atoms with E-state index in [9.17, 15) is 9.18 Å². The SMILES string of the molecule is CC(=O)N[C@@H]1[C@H](N)CN(c2ccncc2Cc2ncc3ccc(-c4c(F)cc(C5(F)COC5)cc4F)nn23)C[C@@H]1C. The molecule has 3 aromatic heterocycles. The Morgan fingerprint density at radius 2 is 1.93 bits per heavy atom. The largest absolute Gasteiger partial charge is 0.374 e. The van der Waals surface area contributed by atoms with Crippen LogP contribution in [0.25, 0.3) is 16.8 Å². The quantitative estimate of drug-likeness (QED) is 0.370. The predicted molar refractivity (Wildman–Crippen MR) is 146 cm³/mol. The Hall–Kier alpha value is -4.03. The zero-order chi connectivity index (χ0) is 28.9. The van der Waals surface area contributed by atoms with Crippen LogP contribution in [-0.4, -0.2) is 63.9 Å². The van der Waals surface area contributed by atoms with E-state index < -0.39 is 17.3 Å². The van der Waals surface area contributed by atoms with Gasteiger partial charge in [-0.2, -0.15) is 5.10 Å². The molecule has 41 heavy (non-hydrogen) atoms. The van der Waals surface area contributed by atoms with Gasteiger partial charge in [0.05, 0.1) is 36.2 Å². The smallest absolute Gasteiger partial charge is 0.217 e. The lowest BCUT2D eigenvalue weighted by molar-refractivity contribution is -0.135. The molecular weight excluding hydrogens is 535 g/mol. The number of benzene rings is 1. The Labute approximate surface area is 234 Å². The highest BCUT2D eigenvalue weighted by Gasteiger charge is 2.42. The molecule has 0 radical (unpaired) electrons. The molecule has 1 aromatic carbocycles. The Morgan fingerprint density at radius 1 is 1.17 bits per heavy atom. The number of rotatable bonds is 6. The number of hydrogen-bond donors (Lipinski definition) is 2. The fourth-order valence-corrected chi connectivity index (χ4v) is 5.75. The number of halogens is 3. The molecule has 0 bridgehead atoms. The average Bonchev–Trinajstić information content (AvgIpc) is 3.31. The number of aromatic nitrogens is 4. The molecule has 4 aromatic rings. The topological polar surface area (TPSA) is 111 Å². The van der Waals surface area contributed by atoms with Gasteiger partial charge in [-0.05, 0) is 41.8 Å². The number of nitrogens with one attached hydrogen (secondary N) is 1. The second-order valence-corrected chi connectivity index (χ2v) is 11.0. The van der Waals surface area contributed by atoms with Crippen molar-refractivity contribution in [2.24, 2.45) is 11.7 Å². The number of fused-ring (bicyclic) bond motifs is 1. The maximum Gasteiger partial charge on any atom is 0.217 e. The van der Waals surface area contributed by atoms with E-state index >= 15 is 8.78 Å². The monoisotopic (exact) mass is 565 g/mol. The molecule has 9 nitrogen and oxygen atoms in total. The molecule has 6 rings (SSSR count). The number of hydrogen-bond acceptors (Lipinski definition) is 7. The molecule has 2 aliphatic heterocycles. The molecule has 2 fully saturated rings. The number of imidazole rings is 1. The Kier molecular flexibility index (Phi) is 6.90. The van der Waals surface area contributed by atoms with Gasteiger partial charge in [0.25, 0.3) is 0 Å². The predicted octanol–water partition coefficient (Wildman–Crippen LogP) is 3.14. The summed E-state index contributed by atoms with van der Waals surface area (Å²) in [6.45, 7) is 4.30. The standard InChI is InChI=1S/C29H30F3N7O2/c1-16-12-38(13-23(33)28(16)36-17(2)40)25-5-6-34-10-18(25)7-26-35-11-20-3-4-24(37-39(20)26)27-21(30)8-19(9-22(27)31)29(32)14-41-15-29/h3-6,8-11,16,23,28H,7,12-15,33H2,1-2H3,(H,36,40)/t16-,23+,28-/m0/s1. The molecule has 12 heteroatoms. The van der Waals surface area contributed by atoms with Crippen LogP contribution < -0.4 is 16.0 Å². The maximum absolute atomic E-state index is 15.1. The first-order valence-electron chi connectivity index (χ1n) is 13.4. The second kappa shape index (κ2) is 10.4. The number of amides is 1. The maximum atomic E-state index is 15.1. The summed E-state index contributed by atoms with van der Waals surface area (Å²) in [5, 5.41) is 7.48. The third-order valence-electron chi connectivity index (χ3n) is 7.88. The van der Waals surface area contributed by atoms with Crippen LogP contribution >= 0.6 is 0 Å². The van der Waals surface area contributed by atoms with Crippen molar-refractivity contribution in [1.29, 1.82) is 0 Å². The molecular formula is C29H30F3N7O2. The summed E-state index contributed by atoms with van der Waals surface area (Å²) in [6, 6.07) is 6.73.